The van der Waals surface area contributed by atoms with Crippen LogP contribution in [-0.2, 0) is 16.1 Å². The Morgan fingerprint density at radius 3 is 2.70 bits per heavy atom. The monoisotopic (exact) mass is 279 g/mol. The van der Waals surface area contributed by atoms with E-state index in [9.17, 15) is 0 Å². The van der Waals surface area contributed by atoms with Gasteiger partial charge in [-0.1, -0.05) is 6.07 Å². The maximum atomic E-state index is 5.40. The van der Waals surface area contributed by atoms with E-state index in [2.05, 4.69) is 24.4 Å². The van der Waals surface area contributed by atoms with E-state index in [4.69, 9.17) is 14.2 Å². The Kier molecular flexibility index (Phi) is 5.83. The molecule has 0 aromatic heterocycles. The molecule has 1 unspecified atom stereocenters. The molecule has 1 fully saturated rings. The molecule has 4 nitrogen and oxygen atoms in total. The minimum Gasteiger partial charge on any atom is -0.496 e. The second-order valence-electron chi connectivity index (χ2n) is 5.28. The fraction of sp³-hybridized carbons (Fsp3) is 0.625. The molecule has 1 heterocycles. The summed E-state index contributed by atoms with van der Waals surface area (Å²) in [6, 6.07) is 7.17. The van der Waals surface area contributed by atoms with Gasteiger partial charge in [-0.25, -0.2) is 0 Å². The Morgan fingerprint density at radius 1 is 1.30 bits per heavy atom. The Labute approximate surface area is 121 Å². The first-order valence-electron chi connectivity index (χ1n) is 7.24. The lowest BCUT2D eigenvalue weighted by atomic mass is 10.0. The molecular weight excluding hydrogens is 254 g/mol. The van der Waals surface area contributed by atoms with Gasteiger partial charge >= 0.3 is 0 Å². The van der Waals surface area contributed by atoms with Crippen molar-refractivity contribution in [2.75, 3.05) is 27.4 Å². The highest BCUT2D eigenvalue weighted by Crippen LogP contribution is 2.25. The van der Waals surface area contributed by atoms with Gasteiger partial charge < -0.3 is 19.5 Å². The van der Waals surface area contributed by atoms with Gasteiger partial charge in [0, 0.05) is 38.0 Å². The molecule has 4 heteroatoms. The lowest BCUT2D eigenvalue weighted by Crippen LogP contribution is -2.36. The van der Waals surface area contributed by atoms with E-state index >= 15 is 0 Å². The number of rotatable bonds is 6. The Hall–Kier alpha value is -1.10. The molecule has 2 rings (SSSR count). The van der Waals surface area contributed by atoms with E-state index < -0.39 is 0 Å². The summed E-state index contributed by atoms with van der Waals surface area (Å²) >= 11 is 0. The summed E-state index contributed by atoms with van der Waals surface area (Å²) in [6.07, 6.45) is 2.18. The van der Waals surface area contributed by atoms with Crippen LogP contribution in [0.5, 0.6) is 5.75 Å². The summed E-state index contributed by atoms with van der Waals surface area (Å²) in [5.41, 5.74) is 2.36. The first-order valence-corrected chi connectivity index (χ1v) is 7.24. The SMILES string of the molecule is COCc1cc(C(C)NC2CCOCC2)ccc1OC. The van der Waals surface area contributed by atoms with Crippen molar-refractivity contribution in [3.8, 4) is 5.75 Å². The van der Waals surface area contributed by atoms with Gasteiger partial charge in [-0.15, -0.1) is 0 Å². The highest BCUT2D eigenvalue weighted by Gasteiger charge is 2.17. The van der Waals surface area contributed by atoms with Gasteiger partial charge in [0.15, 0.2) is 0 Å². The molecule has 1 atom stereocenters. The van der Waals surface area contributed by atoms with Gasteiger partial charge in [-0.2, -0.15) is 0 Å². The first kappa shape index (κ1) is 15.3. The van der Waals surface area contributed by atoms with Crippen LogP contribution in [0.3, 0.4) is 0 Å². The van der Waals surface area contributed by atoms with Crippen molar-refractivity contribution in [2.45, 2.75) is 38.5 Å². The topological polar surface area (TPSA) is 39.7 Å². The number of benzene rings is 1. The Morgan fingerprint density at radius 2 is 2.05 bits per heavy atom. The van der Waals surface area contributed by atoms with Crippen LogP contribution in [0.1, 0.15) is 36.9 Å². The minimum absolute atomic E-state index is 0.319. The standard InChI is InChI=1S/C16H25NO3/c1-12(17-15-6-8-20-9-7-15)13-4-5-16(19-3)14(10-13)11-18-2/h4-5,10,12,15,17H,6-9,11H2,1-3H3. The van der Waals surface area contributed by atoms with Crippen molar-refractivity contribution < 1.29 is 14.2 Å². The first-order chi connectivity index (χ1) is 9.74. The normalized spacial score (nSPS) is 17.9. The minimum atomic E-state index is 0.319. The van der Waals surface area contributed by atoms with E-state index in [0.29, 0.717) is 18.7 Å². The van der Waals surface area contributed by atoms with E-state index in [-0.39, 0.29) is 0 Å². The number of methoxy groups -OCH3 is 2. The molecule has 0 spiro atoms. The quantitative estimate of drug-likeness (QED) is 0.869. The van der Waals surface area contributed by atoms with Crippen LogP contribution >= 0.6 is 0 Å². The smallest absolute Gasteiger partial charge is 0.124 e. The van der Waals surface area contributed by atoms with Crippen LogP contribution in [0.2, 0.25) is 0 Å². The molecule has 0 radical (unpaired) electrons. The molecule has 0 amide bonds. The largest absolute Gasteiger partial charge is 0.496 e. The Bertz CT molecular complexity index is 416. The zero-order valence-electron chi connectivity index (χ0n) is 12.6. The van der Waals surface area contributed by atoms with Crippen LogP contribution in [0, 0.1) is 0 Å². The van der Waals surface area contributed by atoms with Gasteiger partial charge in [0.05, 0.1) is 13.7 Å². The molecule has 1 N–H and O–H groups in total. The van der Waals surface area contributed by atoms with Crippen LogP contribution in [-0.4, -0.2) is 33.5 Å². The van der Waals surface area contributed by atoms with E-state index in [0.717, 1.165) is 37.4 Å². The fourth-order valence-electron chi connectivity index (χ4n) is 2.65. The van der Waals surface area contributed by atoms with Crippen molar-refractivity contribution in [1.82, 2.24) is 5.32 Å². The number of hydrogen-bond donors (Lipinski definition) is 1. The van der Waals surface area contributed by atoms with Crippen LogP contribution in [0.4, 0.5) is 0 Å². The van der Waals surface area contributed by atoms with Crippen molar-refractivity contribution in [2.24, 2.45) is 0 Å². The summed E-state index contributed by atoms with van der Waals surface area (Å²) in [7, 11) is 3.40. The lowest BCUT2D eigenvalue weighted by Gasteiger charge is -2.27. The Balaban J connectivity index is 2.04. The van der Waals surface area contributed by atoms with Crippen LogP contribution < -0.4 is 10.1 Å². The van der Waals surface area contributed by atoms with Gasteiger partial charge in [-0.05, 0) is 37.5 Å². The van der Waals surface area contributed by atoms with Crippen molar-refractivity contribution in [3.05, 3.63) is 29.3 Å². The van der Waals surface area contributed by atoms with Gasteiger partial charge in [0.1, 0.15) is 5.75 Å². The van der Waals surface area contributed by atoms with Gasteiger partial charge in [-0.3, -0.25) is 0 Å². The van der Waals surface area contributed by atoms with Crippen LogP contribution in [0.25, 0.3) is 0 Å². The third-order valence-corrected chi connectivity index (χ3v) is 3.81. The predicted molar refractivity (Wildman–Crippen MR) is 79.1 cm³/mol. The molecule has 1 aliphatic heterocycles. The summed E-state index contributed by atoms with van der Waals surface area (Å²) in [5.74, 6) is 0.883. The fourth-order valence-corrected chi connectivity index (χ4v) is 2.65. The molecule has 1 aromatic rings. The van der Waals surface area contributed by atoms with Crippen molar-refractivity contribution >= 4 is 0 Å². The molecule has 112 valence electrons. The van der Waals surface area contributed by atoms with Crippen LogP contribution in [0.15, 0.2) is 18.2 Å². The molecule has 0 bridgehead atoms. The predicted octanol–water partition coefficient (Wildman–Crippen LogP) is 2.67. The van der Waals surface area contributed by atoms with Crippen molar-refractivity contribution in [3.63, 3.8) is 0 Å². The highest BCUT2D eigenvalue weighted by atomic mass is 16.5. The zero-order valence-corrected chi connectivity index (χ0v) is 12.6. The molecule has 1 aromatic carbocycles. The van der Waals surface area contributed by atoms with Crippen molar-refractivity contribution in [1.29, 1.82) is 0 Å². The van der Waals surface area contributed by atoms with E-state index in [1.165, 1.54) is 5.56 Å². The highest BCUT2D eigenvalue weighted by molar-refractivity contribution is 5.38. The third-order valence-electron chi connectivity index (χ3n) is 3.81. The van der Waals surface area contributed by atoms with E-state index in [1.807, 2.05) is 6.07 Å². The second kappa shape index (κ2) is 7.62. The summed E-state index contributed by atoms with van der Waals surface area (Å²) in [5, 5.41) is 3.68. The lowest BCUT2D eigenvalue weighted by molar-refractivity contribution is 0.0754. The third kappa shape index (κ3) is 3.95. The summed E-state index contributed by atoms with van der Waals surface area (Å²) in [4.78, 5) is 0. The summed E-state index contributed by atoms with van der Waals surface area (Å²) < 4.78 is 16.0. The maximum Gasteiger partial charge on any atom is 0.124 e. The zero-order chi connectivity index (χ0) is 14.4. The molecule has 0 aliphatic carbocycles. The molecular formula is C16H25NO3. The van der Waals surface area contributed by atoms with Gasteiger partial charge in [0.25, 0.3) is 0 Å². The number of hydrogen-bond acceptors (Lipinski definition) is 4. The number of nitrogens with one attached hydrogen (secondary N) is 1. The molecule has 20 heavy (non-hydrogen) atoms. The average molecular weight is 279 g/mol. The second-order valence-corrected chi connectivity index (χ2v) is 5.28. The average Bonchev–Trinajstić information content (AvgIpc) is 2.48. The molecule has 1 aliphatic rings. The maximum absolute atomic E-state index is 5.40. The molecule has 1 saturated heterocycles. The number of ether oxygens (including phenoxy) is 3. The summed E-state index contributed by atoms with van der Waals surface area (Å²) in [6.45, 7) is 4.50. The van der Waals surface area contributed by atoms with E-state index in [1.54, 1.807) is 14.2 Å². The molecule has 0 saturated carbocycles. The van der Waals surface area contributed by atoms with Gasteiger partial charge in [0.2, 0.25) is 0 Å².